The van der Waals surface area contributed by atoms with E-state index in [1.165, 1.54) is 54.9 Å². The molecule has 1 aliphatic heterocycles. The van der Waals surface area contributed by atoms with Crippen LogP contribution in [-0.2, 0) is 20.1 Å². The number of aryl methyl sites for hydroxylation is 2. The van der Waals surface area contributed by atoms with Crippen LogP contribution in [0.5, 0.6) is 0 Å². The minimum absolute atomic E-state index is 0.550. The van der Waals surface area contributed by atoms with Gasteiger partial charge in [-0.25, -0.2) is 4.98 Å². The molecule has 1 aromatic carbocycles. The first-order valence-electron chi connectivity index (χ1n) is 9.55. The number of benzene rings is 1. The molecular formula is C21H30N4. The van der Waals surface area contributed by atoms with Crippen molar-refractivity contribution in [2.24, 2.45) is 12.5 Å². The van der Waals surface area contributed by atoms with Crippen LogP contribution in [0.3, 0.4) is 0 Å². The number of piperidine rings is 1. The van der Waals surface area contributed by atoms with Gasteiger partial charge in [0.25, 0.3) is 0 Å². The minimum atomic E-state index is 0.550. The van der Waals surface area contributed by atoms with E-state index in [2.05, 4.69) is 65.1 Å². The van der Waals surface area contributed by atoms with Crippen LogP contribution in [0.1, 0.15) is 41.8 Å². The summed E-state index contributed by atoms with van der Waals surface area (Å²) in [6.45, 7) is 8.80. The maximum Gasteiger partial charge on any atom is 0.122 e. The Bertz CT molecular complexity index is 742. The molecule has 1 N–H and O–H groups in total. The van der Waals surface area contributed by atoms with Crippen LogP contribution in [0.15, 0.2) is 30.6 Å². The third-order valence-corrected chi connectivity index (χ3v) is 6.54. The van der Waals surface area contributed by atoms with Gasteiger partial charge in [0.2, 0.25) is 0 Å². The van der Waals surface area contributed by atoms with Crippen molar-refractivity contribution in [3.63, 3.8) is 0 Å². The number of imidazole rings is 1. The molecule has 1 saturated heterocycles. The zero-order valence-corrected chi connectivity index (χ0v) is 15.8. The van der Waals surface area contributed by atoms with Crippen molar-refractivity contribution >= 4 is 0 Å². The molecule has 4 rings (SSSR count). The largest absolute Gasteiger partial charge is 0.337 e. The van der Waals surface area contributed by atoms with E-state index in [4.69, 9.17) is 0 Å². The quantitative estimate of drug-likeness (QED) is 0.909. The van der Waals surface area contributed by atoms with Crippen LogP contribution < -0.4 is 5.32 Å². The van der Waals surface area contributed by atoms with Gasteiger partial charge >= 0.3 is 0 Å². The number of nitrogens with one attached hydrogen (secondary N) is 1. The summed E-state index contributed by atoms with van der Waals surface area (Å²) >= 11 is 0. The lowest BCUT2D eigenvalue weighted by Gasteiger charge is -2.30. The Balaban J connectivity index is 1.58. The van der Waals surface area contributed by atoms with E-state index in [1.807, 2.05) is 6.20 Å². The van der Waals surface area contributed by atoms with E-state index in [1.54, 1.807) is 0 Å². The van der Waals surface area contributed by atoms with Gasteiger partial charge in [0, 0.05) is 32.0 Å². The Kier molecular flexibility index (Phi) is 4.42. The molecule has 1 unspecified atom stereocenters. The highest BCUT2D eigenvalue weighted by Gasteiger charge is 2.56. The molecule has 2 fully saturated rings. The Morgan fingerprint density at radius 2 is 2.04 bits per heavy atom. The second kappa shape index (κ2) is 6.58. The van der Waals surface area contributed by atoms with Gasteiger partial charge in [-0.05, 0) is 68.3 Å². The average Bonchev–Trinajstić information content (AvgIpc) is 3.13. The van der Waals surface area contributed by atoms with Crippen molar-refractivity contribution in [2.75, 3.05) is 13.1 Å². The van der Waals surface area contributed by atoms with Crippen molar-refractivity contribution in [1.82, 2.24) is 19.8 Å². The molecule has 1 atom stereocenters. The normalized spacial score (nSPS) is 21.8. The predicted octanol–water partition coefficient (Wildman–Crippen LogP) is 3.18. The number of hydrogen-bond acceptors (Lipinski definition) is 3. The minimum Gasteiger partial charge on any atom is -0.337 e. The standard InChI is InChI=1S/C21H30N4/c1-16-5-4-6-18(17(16)2)14-25(15-20-23-11-12-24(20)3)19-13-21(19)7-9-22-10-8-21/h4-6,11-12,19,22H,7-10,13-15H2,1-3H3. The lowest BCUT2D eigenvalue weighted by Crippen LogP contribution is -2.36. The third kappa shape index (κ3) is 3.25. The molecule has 0 bridgehead atoms. The van der Waals surface area contributed by atoms with Gasteiger partial charge in [0.1, 0.15) is 5.82 Å². The second-order valence-corrected chi connectivity index (χ2v) is 8.05. The molecule has 134 valence electrons. The van der Waals surface area contributed by atoms with E-state index in [0.717, 1.165) is 13.1 Å². The summed E-state index contributed by atoms with van der Waals surface area (Å²) in [5.74, 6) is 1.17. The summed E-state index contributed by atoms with van der Waals surface area (Å²) in [4.78, 5) is 7.28. The van der Waals surface area contributed by atoms with Gasteiger partial charge < -0.3 is 9.88 Å². The molecule has 1 saturated carbocycles. The summed E-state index contributed by atoms with van der Waals surface area (Å²) in [6, 6.07) is 7.41. The van der Waals surface area contributed by atoms with Crippen molar-refractivity contribution in [1.29, 1.82) is 0 Å². The smallest absolute Gasteiger partial charge is 0.122 e. The lowest BCUT2D eigenvalue weighted by atomic mass is 9.93. The zero-order chi connectivity index (χ0) is 17.4. The third-order valence-electron chi connectivity index (χ3n) is 6.54. The SMILES string of the molecule is Cc1cccc(CN(Cc2nccn2C)C2CC23CCNCC3)c1C. The van der Waals surface area contributed by atoms with Crippen LogP contribution >= 0.6 is 0 Å². The van der Waals surface area contributed by atoms with E-state index in [-0.39, 0.29) is 0 Å². The van der Waals surface area contributed by atoms with Crippen molar-refractivity contribution in [3.8, 4) is 0 Å². The van der Waals surface area contributed by atoms with E-state index in [0.29, 0.717) is 11.5 Å². The van der Waals surface area contributed by atoms with Crippen molar-refractivity contribution in [2.45, 2.75) is 52.2 Å². The Labute approximate surface area is 151 Å². The topological polar surface area (TPSA) is 33.1 Å². The maximum absolute atomic E-state index is 4.59. The molecule has 0 amide bonds. The summed E-state index contributed by atoms with van der Waals surface area (Å²) in [6.07, 6.45) is 7.96. The number of hydrogen-bond donors (Lipinski definition) is 1. The van der Waals surface area contributed by atoms with Crippen LogP contribution in [0.25, 0.3) is 0 Å². The van der Waals surface area contributed by atoms with Crippen molar-refractivity contribution < 1.29 is 0 Å². The highest BCUT2D eigenvalue weighted by Crippen LogP contribution is 2.56. The van der Waals surface area contributed by atoms with Crippen LogP contribution in [0.4, 0.5) is 0 Å². The highest BCUT2D eigenvalue weighted by atomic mass is 15.2. The van der Waals surface area contributed by atoms with Gasteiger partial charge in [0.05, 0.1) is 6.54 Å². The molecule has 0 radical (unpaired) electrons. The second-order valence-electron chi connectivity index (χ2n) is 8.05. The highest BCUT2D eigenvalue weighted by molar-refractivity contribution is 5.33. The summed E-state index contributed by atoms with van der Waals surface area (Å²) in [5.41, 5.74) is 4.84. The molecule has 1 aromatic heterocycles. The van der Waals surface area contributed by atoms with E-state index < -0.39 is 0 Å². The first-order chi connectivity index (χ1) is 12.1. The first-order valence-corrected chi connectivity index (χ1v) is 9.55. The zero-order valence-electron chi connectivity index (χ0n) is 15.8. The monoisotopic (exact) mass is 338 g/mol. The molecule has 2 aliphatic rings. The molecule has 4 nitrogen and oxygen atoms in total. The molecular weight excluding hydrogens is 308 g/mol. The molecule has 25 heavy (non-hydrogen) atoms. The van der Waals surface area contributed by atoms with Gasteiger partial charge in [-0.2, -0.15) is 0 Å². The Hall–Kier alpha value is -1.65. The Morgan fingerprint density at radius 1 is 1.24 bits per heavy atom. The lowest BCUT2D eigenvalue weighted by molar-refractivity contribution is 0.182. The fraction of sp³-hybridized carbons (Fsp3) is 0.571. The average molecular weight is 338 g/mol. The van der Waals surface area contributed by atoms with E-state index >= 15 is 0 Å². The molecule has 1 aliphatic carbocycles. The van der Waals surface area contributed by atoms with Gasteiger partial charge in [-0.1, -0.05) is 18.2 Å². The van der Waals surface area contributed by atoms with Gasteiger partial charge in [-0.3, -0.25) is 4.90 Å². The molecule has 2 aromatic rings. The molecule has 1 spiro atoms. The van der Waals surface area contributed by atoms with Gasteiger partial charge in [0.15, 0.2) is 0 Å². The van der Waals surface area contributed by atoms with Crippen LogP contribution in [0, 0.1) is 19.3 Å². The van der Waals surface area contributed by atoms with Crippen LogP contribution in [0.2, 0.25) is 0 Å². The summed E-state index contributed by atoms with van der Waals surface area (Å²) < 4.78 is 2.16. The number of aromatic nitrogens is 2. The van der Waals surface area contributed by atoms with Crippen LogP contribution in [-0.4, -0.2) is 33.6 Å². The van der Waals surface area contributed by atoms with Crippen molar-refractivity contribution in [3.05, 3.63) is 53.1 Å². The fourth-order valence-electron chi connectivity index (χ4n) is 4.51. The number of nitrogens with zero attached hydrogens (tertiary/aromatic N) is 3. The fourth-order valence-corrected chi connectivity index (χ4v) is 4.51. The summed E-state index contributed by atoms with van der Waals surface area (Å²) in [7, 11) is 2.10. The molecule has 4 heteroatoms. The maximum atomic E-state index is 4.59. The Morgan fingerprint density at radius 3 is 2.76 bits per heavy atom. The molecule has 2 heterocycles. The van der Waals surface area contributed by atoms with E-state index in [9.17, 15) is 0 Å². The van der Waals surface area contributed by atoms with Gasteiger partial charge in [-0.15, -0.1) is 0 Å². The number of rotatable bonds is 5. The predicted molar refractivity (Wildman–Crippen MR) is 101 cm³/mol. The first kappa shape index (κ1) is 16.8. The summed E-state index contributed by atoms with van der Waals surface area (Å²) in [5, 5.41) is 3.53.